The van der Waals surface area contributed by atoms with Crippen molar-refractivity contribution < 1.29 is 22.3 Å². The van der Waals surface area contributed by atoms with E-state index in [9.17, 15) is 17.6 Å². The van der Waals surface area contributed by atoms with Gasteiger partial charge in [0, 0.05) is 32.2 Å². The predicted octanol–water partition coefficient (Wildman–Crippen LogP) is 2.47. The summed E-state index contributed by atoms with van der Waals surface area (Å²) in [4.78, 5) is 14.5. The zero-order valence-corrected chi connectivity index (χ0v) is 17.4. The lowest BCUT2D eigenvalue weighted by atomic mass is 10.1. The van der Waals surface area contributed by atoms with Gasteiger partial charge in [-0.1, -0.05) is 18.2 Å². The van der Waals surface area contributed by atoms with E-state index < -0.39 is 10.0 Å². The molecule has 0 bridgehead atoms. The van der Waals surface area contributed by atoms with Crippen LogP contribution in [-0.4, -0.2) is 63.4 Å². The van der Waals surface area contributed by atoms with Crippen molar-refractivity contribution in [3.05, 3.63) is 65.0 Å². The predicted molar refractivity (Wildman–Crippen MR) is 108 cm³/mol. The van der Waals surface area contributed by atoms with Crippen molar-refractivity contribution in [2.75, 3.05) is 39.9 Å². The fourth-order valence-electron chi connectivity index (χ4n) is 3.21. The molecule has 1 heterocycles. The Kier molecular flexibility index (Phi) is 6.66. The number of amides is 1. The van der Waals surface area contributed by atoms with Crippen LogP contribution in [0.5, 0.6) is 0 Å². The van der Waals surface area contributed by atoms with E-state index in [1.54, 1.807) is 43.1 Å². The molecule has 8 heteroatoms. The second kappa shape index (κ2) is 9.02. The lowest BCUT2D eigenvalue weighted by Gasteiger charge is -2.27. The lowest BCUT2D eigenvalue weighted by Crippen LogP contribution is -2.41. The van der Waals surface area contributed by atoms with Crippen molar-refractivity contribution in [3.63, 3.8) is 0 Å². The van der Waals surface area contributed by atoms with Gasteiger partial charge in [0.25, 0.3) is 5.91 Å². The quantitative estimate of drug-likeness (QED) is 0.720. The van der Waals surface area contributed by atoms with Gasteiger partial charge in [0.05, 0.1) is 18.1 Å². The summed E-state index contributed by atoms with van der Waals surface area (Å²) in [6.45, 7) is 3.49. The van der Waals surface area contributed by atoms with E-state index in [1.165, 1.54) is 22.5 Å². The van der Waals surface area contributed by atoms with E-state index in [0.29, 0.717) is 50.4 Å². The summed E-state index contributed by atoms with van der Waals surface area (Å²) in [5.41, 5.74) is 1.84. The number of halogens is 1. The van der Waals surface area contributed by atoms with E-state index in [1.807, 2.05) is 0 Å². The lowest BCUT2D eigenvalue weighted by molar-refractivity contribution is 0.0730. The Labute approximate surface area is 170 Å². The van der Waals surface area contributed by atoms with Crippen LogP contribution in [0.1, 0.15) is 21.5 Å². The third kappa shape index (κ3) is 5.01. The topological polar surface area (TPSA) is 66.9 Å². The first-order chi connectivity index (χ1) is 13.8. The number of likely N-dealkylation sites (N-methyl/N-ethyl adjacent to an activating group) is 1. The molecule has 1 fully saturated rings. The third-order valence-electron chi connectivity index (χ3n) is 5.02. The van der Waals surface area contributed by atoms with E-state index in [0.717, 1.165) is 5.56 Å². The van der Waals surface area contributed by atoms with Crippen LogP contribution in [0, 0.1) is 12.7 Å². The first-order valence-electron chi connectivity index (χ1n) is 9.47. The number of sulfonamides is 1. The SMILES string of the molecule is Cc1ccc(C(=O)N(C)CCc2ccc(F)cc2)cc1S(=O)(=O)N1CCOCC1. The molecule has 0 aromatic heterocycles. The zero-order chi connectivity index (χ0) is 21.0. The Balaban J connectivity index is 1.75. The van der Waals surface area contributed by atoms with Crippen molar-refractivity contribution in [1.82, 2.24) is 9.21 Å². The Morgan fingerprint density at radius 2 is 1.79 bits per heavy atom. The molecule has 2 aromatic rings. The Hall–Kier alpha value is -2.29. The number of carbonyl (C=O) groups is 1. The van der Waals surface area contributed by atoms with Crippen molar-refractivity contribution in [1.29, 1.82) is 0 Å². The van der Waals surface area contributed by atoms with Gasteiger partial charge in [0.2, 0.25) is 10.0 Å². The maximum Gasteiger partial charge on any atom is 0.253 e. The minimum Gasteiger partial charge on any atom is -0.379 e. The number of nitrogens with zero attached hydrogens (tertiary/aromatic N) is 2. The number of morpholine rings is 1. The van der Waals surface area contributed by atoms with E-state index >= 15 is 0 Å². The van der Waals surface area contributed by atoms with Crippen LogP contribution in [0.25, 0.3) is 0 Å². The van der Waals surface area contributed by atoms with Crippen LogP contribution in [0.4, 0.5) is 4.39 Å². The molecule has 29 heavy (non-hydrogen) atoms. The molecule has 1 aliphatic rings. The van der Waals surface area contributed by atoms with E-state index in [-0.39, 0.29) is 16.6 Å². The molecule has 0 atom stereocenters. The number of hydrogen-bond acceptors (Lipinski definition) is 4. The zero-order valence-electron chi connectivity index (χ0n) is 16.6. The molecule has 156 valence electrons. The Morgan fingerprint density at radius 3 is 2.45 bits per heavy atom. The highest BCUT2D eigenvalue weighted by Gasteiger charge is 2.28. The highest BCUT2D eigenvalue weighted by atomic mass is 32.2. The van der Waals surface area contributed by atoms with Crippen LogP contribution in [0.3, 0.4) is 0 Å². The van der Waals surface area contributed by atoms with Gasteiger partial charge in [0.1, 0.15) is 5.82 Å². The van der Waals surface area contributed by atoms with Crippen molar-refractivity contribution in [2.24, 2.45) is 0 Å². The molecule has 0 unspecified atom stereocenters. The summed E-state index contributed by atoms with van der Waals surface area (Å²) >= 11 is 0. The highest BCUT2D eigenvalue weighted by molar-refractivity contribution is 7.89. The largest absolute Gasteiger partial charge is 0.379 e. The Bertz CT molecular complexity index is 971. The molecule has 1 saturated heterocycles. The number of aryl methyl sites for hydroxylation is 1. The number of hydrogen-bond donors (Lipinski definition) is 0. The standard InChI is InChI=1S/C21H25FN2O4S/c1-16-3-6-18(15-20(16)29(26,27)24-11-13-28-14-12-24)21(25)23(2)10-9-17-4-7-19(22)8-5-17/h3-8,15H,9-14H2,1-2H3. The maximum absolute atomic E-state index is 13.0. The normalized spacial score (nSPS) is 15.3. The molecule has 0 saturated carbocycles. The monoisotopic (exact) mass is 420 g/mol. The molecule has 0 N–H and O–H groups in total. The third-order valence-corrected chi connectivity index (χ3v) is 7.06. The summed E-state index contributed by atoms with van der Waals surface area (Å²) in [5, 5.41) is 0. The molecular formula is C21H25FN2O4S. The van der Waals surface area contributed by atoms with E-state index in [4.69, 9.17) is 4.74 Å². The number of benzene rings is 2. The Morgan fingerprint density at radius 1 is 1.14 bits per heavy atom. The van der Waals surface area contributed by atoms with Crippen LogP contribution >= 0.6 is 0 Å². The number of carbonyl (C=O) groups excluding carboxylic acids is 1. The first kappa shape index (κ1) is 21.4. The van der Waals surface area contributed by atoms with Crippen molar-refractivity contribution in [3.8, 4) is 0 Å². The second-order valence-electron chi connectivity index (χ2n) is 7.10. The van der Waals surface area contributed by atoms with Gasteiger partial charge < -0.3 is 9.64 Å². The number of ether oxygens (including phenoxy) is 1. The van der Waals surface area contributed by atoms with Gasteiger partial charge in [0.15, 0.2) is 0 Å². The van der Waals surface area contributed by atoms with Crippen LogP contribution in [-0.2, 0) is 21.2 Å². The highest BCUT2D eigenvalue weighted by Crippen LogP contribution is 2.23. The minimum atomic E-state index is -3.69. The smallest absolute Gasteiger partial charge is 0.253 e. The van der Waals surface area contributed by atoms with Gasteiger partial charge in [-0.3, -0.25) is 4.79 Å². The van der Waals surface area contributed by atoms with Crippen molar-refractivity contribution in [2.45, 2.75) is 18.2 Å². The first-order valence-corrected chi connectivity index (χ1v) is 10.9. The van der Waals surface area contributed by atoms with Crippen LogP contribution in [0.2, 0.25) is 0 Å². The summed E-state index contributed by atoms with van der Waals surface area (Å²) in [6.07, 6.45) is 0.577. The molecular weight excluding hydrogens is 395 g/mol. The second-order valence-corrected chi connectivity index (χ2v) is 9.01. The number of rotatable bonds is 6. The molecule has 0 aliphatic carbocycles. The fourth-order valence-corrected chi connectivity index (χ4v) is 4.87. The molecule has 6 nitrogen and oxygen atoms in total. The van der Waals surface area contributed by atoms with Gasteiger partial charge in [-0.15, -0.1) is 0 Å². The summed E-state index contributed by atoms with van der Waals surface area (Å²) in [5.74, 6) is -0.558. The molecule has 0 radical (unpaired) electrons. The fraction of sp³-hybridized carbons (Fsp3) is 0.381. The average Bonchev–Trinajstić information content (AvgIpc) is 2.73. The van der Waals surface area contributed by atoms with Gasteiger partial charge in [-0.25, -0.2) is 12.8 Å². The van der Waals surface area contributed by atoms with Gasteiger partial charge in [-0.05, 0) is 48.7 Å². The molecule has 0 spiro atoms. The van der Waals surface area contributed by atoms with Gasteiger partial charge in [-0.2, -0.15) is 4.31 Å². The average molecular weight is 421 g/mol. The summed E-state index contributed by atoms with van der Waals surface area (Å²) < 4.78 is 45.7. The van der Waals surface area contributed by atoms with Crippen LogP contribution < -0.4 is 0 Å². The summed E-state index contributed by atoms with van der Waals surface area (Å²) in [7, 11) is -2.02. The van der Waals surface area contributed by atoms with Crippen LogP contribution in [0.15, 0.2) is 47.4 Å². The summed E-state index contributed by atoms with van der Waals surface area (Å²) in [6, 6.07) is 10.9. The minimum absolute atomic E-state index is 0.150. The van der Waals surface area contributed by atoms with E-state index in [2.05, 4.69) is 0 Å². The molecule has 2 aromatic carbocycles. The molecule has 3 rings (SSSR count). The van der Waals surface area contributed by atoms with Crippen molar-refractivity contribution >= 4 is 15.9 Å². The van der Waals surface area contributed by atoms with Gasteiger partial charge >= 0.3 is 0 Å². The maximum atomic E-state index is 13.0. The molecule has 1 amide bonds. The molecule has 1 aliphatic heterocycles.